The predicted octanol–water partition coefficient (Wildman–Crippen LogP) is 2.18. The number of benzene rings is 1. The van der Waals surface area contributed by atoms with Crippen LogP contribution in [0.25, 0.3) is 0 Å². The summed E-state index contributed by atoms with van der Waals surface area (Å²) in [7, 11) is 3.14. The molecule has 20 heavy (non-hydrogen) atoms. The molecule has 0 fully saturated rings. The van der Waals surface area contributed by atoms with E-state index in [4.69, 9.17) is 14.0 Å². The van der Waals surface area contributed by atoms with Crippen molar-refractivity contribution in [2.45, 2.75) is 13.0 Å². The van der Waals surface area contributed by atoms with E-state index in [1.165, 1.54) is 12.3 Å². The summed E-state index contributed by atoms with van der Waals surface area (Å²) in [5.41, 5.74) is 0.899. The Labute approximate surface area is 116 Å². The summed E-state index contributed by atoms with van der Waals surface area (Å²) in [4.78, 5) is 11.9. The van der Waals surface area contributed by atoms with E-state index >= 15 is 0 Å². The first kappa shape index (κ1) is 13.9. The fraction of sp³-hybridized carbons (Fsp3) is 0.286. The van der Waals surface area contributed by atoms with Crippen molar-refractivity contribution in [2.75, 3.05) is 14.2 Å². The van der Waals surface area contributed by atoms with Gasteiger partial charge in [0.25, 0.3) is 5.91 Å². The molecule has 1 amide bonds. The third-order valence-electron chi connectivity index (χ3n) is 2.92. The average Bonchev–Trinajstić information content (AvgIpc) is 3.00. The maximum absolute atomic E-state index is 11.9. The van der Waals surface area contributed by atoms with E-state index in [1.807, 2.05) is 19.1 Å². The monoisotopic (exact) mass is 276 g/mol. The van der Waals surface area contributed by atoms with Crippen LogP contribution in [-0.2, 0) is 0 Å². The third-order valence-corrected chi connectivity index (χ3v) is 2.92. The lowest BCUT2D eigenvalue weighted by Gasteiger charge is -2.15. The molecular weight excluding hydrogens is 260 g/mol. The van der Waals surface area contributed by atoms with Crippen LogP contribution in [0.2, 0.25) is 0 Å². The number of nitrogens with zero attached hydrogens (tertiary/aromatic N) is 1. The Balaban J connectivity index is 2.13. The van der Waals surface area contributed by atoms with Crippen LogP contribution in [0.1, 0.15) is 29.1 Å². The van der Waals surface area contributed by atoms with E-state index in [0.29, 0.717) is 11.5 Å². The molecule has 1 aromatic carbocycles. The van der Waals surface area contributed by atoms with Gasteiger partial charge in [-0.25, -0.2) is 0 Å². The molecule has 1 N–H and O–H groups in total. The second kappa shape index (κ2) is 6.10. The van der Waals surface area contributed by atoms with Gasteiger partial charge in [-0.15, -0.1) is 0 Å². The molecule has 0 aliphatic carbocycles. The first-order valence-corrected chi connectivity index (χ1v) is 6.09. The zero-order chi connectivity index (χ0) is 14.5. The minimum absolute atomic E-state index is 0.178. The molecule has 0 aliphatic heterocycles. The zero-order valence-corrected chi connectivity index (χ0v) is 11.5. The highest BCUT2D eigenvalue weighted by Gasteiger charge is 2.15. The SMILES string of the molecule is COc1ccc(C(C)NC(=O)c2ccno2)cc1OC. The number of amides is 1. The van der Waals surface area contributed by atoms with E-state index in [9.17, 15) is 4.79 Å². The van der Waals surface area contributed by atoms with E-state index in [-0.39, 0.29) is 17.7 Å². The molecule has 0 bridgehead atoms. The van der Waals surface area contributed by atoms with Crippen molar-refractivity contribution in [3.8, 4) is 11.5 Å². The average molecular weight is 276 g/mol. The van der Waals surface area contributed by atoms with Gasteiger partial charge in [0.05, 0.1) is 26.5 Å². The number of carbonyl (C=O) groups is 1. The number of rotatable bonds is 5. The zero-order valence-electron chi connectivity index (χ0n) is 11.5. The Bertz CT molecular complexity index is 581. The van der Waals surface area contributed by atoms with Crippen LogP contribution in [0.3, 0.4) is 0 Å². The first-order chi connectivity index (χ1) is 9.65. The molecule has 1 heterocycles. The summed E-state index contributed by atoms with van der Waals surface area (Å²) in [6.45, 7) is 1.87. The summed E-state index contributed by atoms with van der Waals surface area (Å²) in [6.07, 6.45) is 1.43. The Morgan fingerprint density at radius 1 is 1.25 bits per heavy atom. The number of carbonyl (C=O) groups excluding carboxylic acids is 1. The molecular formula is C14H16N2O4. The van der Waals surface area contributed by atoms with Gasteiger partial charge in [-0.05, 0) is 24.6 Å². The molecule has 0 saturated carbocycles. The molecule has 6 heteroatoms. The summed E-state index contributed by atoms with van der Waals surface area (Å²) in [5, 5.41) is 6.32. The maximum Gasteiger partial charge on any atom is 0.290 e. The lowest BCUT2D eigenvalue weighted by Crippen LogP contribution is -2.26. The predicted molar refractivity (Wildman–Crippen MR) is 71.9 cm³/mol. The number of methoxy groups -OCH3 is 2. The van der Waals surface area contributed by atoms with Crippen molar-refractivity contribution in [3.05, 3.63) is 41.8 Å². The highest BCUT2D eigenvalue weighted by Crippen LogP contribution is 2.29. The summed E-state index contributed by atoms with van der Waals surface area (Å²) < 4.78 is 15.2. The fourth-order valence-corrected chi connectivity index (χ4v) is 1.81. The summed E-state index contributed by atoms with van der Waals surface area (Å²) in [6, 6.07) is 6.80. The molecule has 2 rings (SSSR count). The van der Waals surface area contributed by atoms with Crippen LogP contribution in [0.4, 0.5) is 0 Å². The van der Waals surface area contributed by atoms with Gasteiger partial charge in [0.2, 0.25) is 5.76 Å². The van der Waals surface area contributed by atoms with E-state index in [1.54, 1.807) is 20.3 Å². The third kappa shape index (κ3) is 2.90. The number of ether oxygens (including phenoxy) is 2. The molecule has 0 saturated heterocycles. The maximum atomic E-state index is 11.9. The lowest BCUT2D eigenvalue weighted by atomic mass is 10.1. The summed E-state index contributed by atoms with van der Waals surface area (Å²) in [5.74, 6) is 1.12. The summed E-state index contributed by atoms with van der Waals surface area (Å²) >= 11 is 0. The Morgan fingerprint density at radius 3 is 2.60 bits per heavy atom. The van der Waals surface area contributed by atoms with Gasteiger partial charge in [-0.1, -0.05) is 11.2 Å². The van der Waals surface area contributed by atoms with E-state index in [2.05, 4.69) is 10.5 Å². The topological polar surface area (TPSA) is 73.6 Å². The molecule has 1 aromatic heterocycles. The second-order valence-electron chi connectivity index (χ2n) is 4.19. The lowest BCUT2D eigenvalue weighted by molar-refractivity contribution is 0.0902. The van der Waals surface area contributed by atoms with Gasteiger partial charge < -0.3 is 19.3 Å². The van der Waals surface area contributed by atoms with Crippen LogP contribution in [0.5, 0.6) is 11.5 Å². The molecule has 1 unspecified atom stereocenters. The highest BCUT2D eigenvalue weighted by atomic mass is 16.5. The molecule has 0 aliphatic rings. The van der Waals surface area contributed by atoms with Gasteiger partial charge in [-0.2, -0.15) is 0 Å². The number of nitrogens with one attached hydrogen (secondary N) is 1. The van der Waals surface area contributed by atoms with Crippen molar-refractivity contribution in [2.24, 2.45) is 0 Å². The molecule has 1 atom stereocenters. The molecule has 2 aromatic rings. The van der Waals surface area contributed by atoms with Crippen molar-refractivity contribution < 1.29 is 18.8 Å². The molecule has 6 nitrogen and oxygen atoms in total. The van der Waals surface area contributed by atoms with E-state index in [0.717, 1.165) is 5.56 Å². The standard InChI is InChI=1S/C14H16N2O4/c1-9(16-14(17)12-6-7-15-20-12)10-4-5-11(18-2)13(8-10)19-3/h4-9H,1-3H3,(H,16,17). The van der Waals surface area contributed by atoms with Crippen molar-refractivity contribution in [3.63, 3.8) is 0 Å². The van der Waals surface area contributed by atoms with E-state index < -0.39 is 0 Å². The number of hydrogen-bond donors (Lipinski definition) is 1. The largest absolute Gasteiger partial charge is 0.493 e. The van der Waals surface area contributed by atoms with Crippen LogP contribution < -0.4 is 14.8 Å². The highest BCUT2D eigenvalue weighted by molar-refractivity contribution is 5.91. The number of aromatic nitrogens is 1. The Morgan fingerprint density at radius 2 is 2.00 bits per heavy atom. The van der Waals surface area contributed by atoms with Gasteiger partial charge in [0.1, 0.15) is 0 Å². The number of hydrogen-bond acceptors (Lipinski definition) is 5. The van der Waals surface area contributed by atoms with Crippen LogP contribution >= 0.6 is 0 Å². The minimum atomic E-state index is -0.315. The fourth-order valence-electron chi connectivity index (χ4n) is 1.81. The first-order valence-electron chi connectivity index (χ1n) is 6.09. The van der Waals surface area contributed by atoms with Gasteiger partial charge in [-0.3, -0.25) is 4.79 Å². The van der Waals surface area contributed by atoms with Gasteiger partial charge >= 0.3 is 0 Å². The molecule has 106 valence electrons. The van der Waals surface area contributed by atoms with Gasteiger partial charge in [0, 0.05) is 6.07 Å². The second-order valence-corrected chi connectivity index (χ2v) is 4.19. The van der Waals surface area contributed by atoms with Crippen molar-refractivity contribution >= 4 is 5.91 Å². The van der Waals surface area contributed by atoms with Crippen molar-refractivity contribution in [1.29, 1.82) is 0 Å². The van der Waals surface area contributed by atoms with Crippen LogP contribution in [-0.4, -0.2) is 25.3 Å². The smallest absolute Gasteiger partial charge is 0.290 e. The van der Waals surface area contributed by atoms with Crippen LogP contribution in [0.15, 0.2) is 35.0 Å². The molecule has 0 radical (unpaired) electrons. The normalized spacial score (nSPS) is 11.8. The quantitative estimate of drug-likeness (QED) is 0.906. The Kier molecular flexibility index (Phi) is 4.24. The Hall–Kier alpha value is -2.50. The van der Waals surface area contributed by atoms with Crippen molar-refractivity contribution in [1.82, 2.24) is 10.5 Å². The van der Waals surface area contributed by atoms with Gasteiger partial charge in [0.15, 0.2) is 11.5 Å². The minimum Gasteiger partial charge on any atom is -0.493 e. The van der Waals surface area contributed by atoms with Crippen LogP contribution in [0, 0.1) is 0 Å². The molecule has 0 spiro atoms.